The van der Waals surface area contributed by atoms with Crippen molar-refractivity contribution in [2.24, 2.45) is 14.1 Å². The lowest BCUT2D eigenvalue weighted by molar-refractivity contribution is 0.0571. The van der Waals surface area contributed by atoms with Crippen LogP contribution in [0.15, 0.2) is 47.3 Å². The van der Waals surface area contributed by atoms with Gasteiger partial charge in [0, 0.05) is 31.7 Å². The summed E-state index contributed by atoms with van der Waals surface area (Å²) in [7, 11) is 3.48. The van der Waals surface area contributed by atoms with Crippen LogP contribution in [0.4, 0.5) is 4.39 Å². The maximum Gasteiger partial charge on any atom is 0.328 e. The monoisotopic (exact) mass is 393 g/mol. The van der Waals surface area contributed by atoms with E-state index in [1.54, 1.807) is 23.2 Å². The molecule has 29 heavy (non-hydrogen) atoms. The van der Waals surface area contributed by atoms with Gasteiger partial charge >= 0.3 is 5.69 Å². The van der Waals surface area contributed by atoms with Crippen molar-refractivity contribution in [1.29, 1.82) is 0 Å². The Morgan fingerprint density at radius 1 is 0.931 bits per heavy atom. The Morgan fingerprint density at radius 2 is 1.55 bits per heavy atom. The summed E-state index contributed by atoms with van der Waals surface area (Å²) in [6.07, 6.45) is 3.86. The fourth-order valence-corrected chi connectivity index (χ4v) is 5.30. The van der Waals surface area contributed by atoms with Gasteiger partial charge in [-0.05, 0) is 67.5 Å². The van der Waals surface area contributed by atoms with E-state index in [1.807, 2.05) is 30.3 Å². The van der Waals surface area contributed by atoms with Crippen LogP contribution in [0.25, 0.3) is 11.0 Å². The quantitative estimate of drug-likeness (QED) is 0.668. The number of amides is 1. The Kier molecular flexibility index (Phi) is 4.12. The topological polar surface area (TPSA) is 47.2 Å². The Labute approximate surface area is 168 Å². The number of carbonyl (C=O) groups excluding carboxylic acids is 1. The molecule has 2 bridgehead atoms. The molecule has 3 aromatic rings. The molecule has 5 nitrogen and oxygen atoms in total. The third-order valence-electron chi connectivity index (χ3n) is 6.83. The molecule has 3 heterocycles. The normalized spacial score (nSPS) is 23.7. The van der Waals surface area contributed by atoms with Crippen molar-refractivity contribution in [2.45, 2.75) is 43.7 Å². The third kappa shape index (κ3) is 2.81. The van der Waals surface area contributed by atoms with Crippen LogP contribution in [0.2, 0.25) is 0 Å². The van der Waals surface area contributed by atoms with Crippen LogP contribution in [-0.2, 0) is 14.1 Å². The first-order valence-electron chi connectivity index (χ1n) is 10.2. The van der Waals surface area contributed by atoms with Crippen molar-refractivity contribution in [2.75, 3.05) is 0 Å². The minimum absolute atomic E-state index is 0.0493. The lowest BCUT2D eigenvalue weighted by Gasteiger charge is -2.39. The molecule has 0 unspecified atom stereocenters. The molecule has 0 saturated carbocycles. The summed E-state index contributed by atoms with van der Waals surface area (Å²) in [6.45, 7) is 0. The maximum absolute atomic E-state index is 13.4. The van der Waals surface area contributed by atoms with Crippen LogP contribution < -0.4 is 5.69 Å². The lowest BCUT2D eigenvalue weighted by Crippen LogP contribution is -2.46. The average Bonchev–Trinajstić information content (AvgIpc) is 3.12. The zero-order chi connectivity index (χ0) is 20.3. The third-order valence-corrected chi connectivity index (χ3v) is 6.83. The molecule has 0 spiro atoms. The van der Waals surface area contributed by atoms with Crippen LogP contribution in [-0.4, -0.2) is 32.0 Å². The summed E-state index contributed by atoms with van der Waals surface area (Å²) in [5.41, 5.74) is 3.31. The van der Waals surface area contributed by atoms with Crippen molar-refractivity contribution in [3.63, 3.8) is 0 Å². The second-order valence-electron chi connectivity index (χ2n) is 8.42. The van der Waals surface area contributed by atoms with Crippen molar-refractivity contribution in [1.82, 2.24) is 14.0 Å². The fourth-order valence-electron chi connectivity index (χ4n) is 5.30. The van der Waals surface area contributed by atoms with Crippen LogP contribution in [0, 0.1) is 5.82 Å². The van der Waals surface area contributed by atoms with E-state index < -0.39 is 0 Å². The predicted molar refractivity (Wildman–Crippen MR) is 110 cm³/mol. The summed E-state index contributed by atoms with van der Waals surface area (Å²) in [4.78, 5) is 27.6. The Morgan fingerprint density at radius 3 is 2.21 bits per heavy atom. The summed E-state index contributed by atoms with van der Waals surface area (Å²) in [6, 6.07) is 12.7. The number of nitrogens with zero attached hydrogens (tertiary/aromatic N) is 3. The smallest absolute Gasteiger partial charge is 0.328 e. The van der Waals surface area contributed by atoms with Gasteiger partial charge in [0.2, 0.25) is 0 Å². The van der Waals surface area contributed by atoms with E-state index in [1.165, 1.54) is 12.1 Å². The molecule has 0 aliphatic carbocycles. The number of benzene rings is 2. The van der Waals surface area contributed by atoms with Gasteiger partial charge in [-0.25, -0.2) is 9.18 Å². The number of aryl methyl sites for hydroxylation is 2. The van der Waals surface area contributed by atoms with E-state index >= 15 is 0 Å². The van der Waals surface area contributed by atoms with Gasteiger partial charge in [-0.3, -0.25) is 13.9 Å². The van der Waals surface area contributed by atoms with Crippen molar-refractivity contribution < 1.29 is 9.18 Å². The van der Waals surface area contributed by atoms with E-state index in [0.717, 1.165) is 42.3 Å². The van der Waals surface area contributed by atoms with Crippen LogP contribution in [0.5, 0.6) is 0 Å². The first kappa shape index (κ1) is 18.2. The highest BCUT2D eigenvalue weighted by Gasteiger charge is 2.43. The molecule has 2 aromatic carbocycles. The summed E-state index contributed by atoms with van der Waals surface area (Å²) in [5, 5.41) is 0. The highest BCUT2D eigenvalue weighted by molar-refractivity contribution is 5.98. The number of piperidine rings is 1. The number of rotatable bonds is 2. The molecular formula is C23H24FN3O2. The molecule has 1 aromatic heterocycles. The van der Waals surface area contributed by atoms with Crippen LogP contribution in [0.3, 0.4) is 0 Å². The summed E-state index contributed by atoms with van der Waals surface area (Å²) in [5.74, 6) is 0.206. The van der Waals surface area contributed by atoms with Gasteiger partial charge in [-0.2, -0.15) is 0 Å². The molecule has 2 atom stereocenters. The van der Waals surface area contributed by atoms with Gasteiger partial charge in [0.25, 0.3) is 5.91 Å². The number of carbonyl (C=O) groups is 1. The molecule has 0 radical (unpaired) electrons. The highest BCUT2D eigenvalue weighted by Crippen LogP contribution is 2.43. The Balaban J connectivity index is 1.43. The van der Waals surface area contributed by atoms with E-state index in [9.17, 15) is 14.0 Å². The van der Waals surface area contributed by atoms with Crippen molar-refractivity contribution >= 4 is 16.9 Å². The molecule has 2 aliphatic rings. The number of hydrogen-bond donors (Lipinski definition) is 0. The van der Waals surface area contributed by atoms with Crippen molar-refractivity contribution in [3.8, 4) is 0 Å². The van der Waals surface area contributed by atoms with Gasteiger partial charge in [-0.1, -0.05) is 12.1 Å². The van der Waals surface area contributed by atoms with Gasteiger partial charge in [0.15, 0.2) is 0 Å². The Hall–Kier alpha value is -2.89. The number of hydrogen-bond acceptors (Lipinski definition) is 2. The summed E-state index contributed by atoms with van der Waals surface area (Å²) >= 11 is 0. The van der Waals surface area contributed by atoms with E-state index in [4.69, 9.17) is 0 Å². The van der Waals surface area contributed by atoms with E-state index in [0.29, 0.717) is 11.5 Å². The molecular weight excluding hydrogens is 369 g/mol. The fraction of sp³-hybridized carbons (Fsp3) is 0.391. The molecule has 2 fully saturated rings. The highest BCUT2D eigenvalue weighted by atomic mass is 19.1. The molecule has 1 amide bonds. The Bertz CT molecular complexity index is 1150. The zero-order valence-corrected chi connectivity index (χ0v) is 16.6. The molecule has 5 rings (SSSR count). The molecule has 2 aliphatic heterocycles. The van der Waals surface area contributed by atoms with Crippen LogP contribution >= 0.6 is 0 Å². The summed E-state index contributed by atoms with van der Waals surface area (Å²) < 4.78 is 16.4. The van der Waals surface area contributed by atoms with E-state index in [2.05, 4.69) is 4.90 Å². The van der Waals surface area contributed by atoms with Gasteiger partial charge in [-0.15, -0.1) is 0 Å². The molecule has 6 heteroatoms. The lowest BCUT2D eigenvalue weighted by atomic mass is 9.85. The van der Waals surface area contributed by atoms with Gasteiger partial charge in [0.05, 0.1) is 11.0 Å². The second-order valence-corrected chi connectivity index (χ2v) is 8.42. The first-order valence-corrected chi connectivity index (χ1v) is 10.2. The maximum atomic E-state index is 13.4. The SMILES string of the molecule is Cn1c(=O)n(C)c2cc(C(=O)N3[C@@H]4CC[C@@H]3CC(c3ccc(F)cc3)C4)ccc21. The van der Waals surface area contributed by atoms with Crippen molar-refractivity contribution in [3.05, 3.63) is 69.9 Å². The molecule has 0 N–H and O–H groups in total. The molecule has 150 valence electrons. The number of fused-ring (bicyclic) bond motifs is 3. The van der Waals surface area contributed by atoms with Gasteiger partial charge in [0.1, 0.15) is 5.82 Å². The zero-order valence-electron chi connectivity index (χ0n) is 16.6. The second kappa shape index (κ2) is 6.58. The standard InChI is InChI=1S/C23H24FN3O2/c1-25-20-10-5-15(13-21(20)26(2)23(25)29)22(28)27-18-8-9-19(27)12-16(11-18)14-3-6-17(24)7-4-14/h3-7,10,13,16,18-19H,8-9,11-12H2,1-2H3/t18-,19-/m1/s1. The number of imidazole rings is 1. The van der Waals surface area contributed by atoms with E-state index in [-0.39, 0.29) is 29.5 Å². The predicted octanol–water partition coefficient (Wildman–Crippen LogP) is 3.57. The van der Waals surface area contributed by atoms with Crippen LogP contribution in [0.1, 0.15) is 47.5 Å². The number of aromatic nitrogens is 2. The largest absolute Gasteiger partial charge is 0.333 e. The first-order chi connectivity index (χ1) is 13.9. The molecule has 2 saturated heterocycles. The average molecular weight is 393 g/mol. The minimum atomic E-state index is -0.213. The number of halogens is 1. The minimum Gasteiger partial charge on any atom is -0.333 e. The van der Waals surface area contributed by atoms with Gasteiger partial charge < -0.3 is 4.90 Å².